The predicted octanol–water partition coefficient (Wildman–Crippen LogP) is 3.97. The Balaban J connectivity index is 0.00000192. The number of hydrogen-bond donors (Lipinski definition) is 2. The van der Waals surface area contributed by atoms with Crippen LogP contribution in [0.5, 0.6) is 11.5 Å². The number of nitrogens with two attached hydrogens (primary N) is 1. The zero-order valence-corrected chi connectivity index (χ0v) is 13.6. The monoisotopic (exact) mass is 332 g/mol. The van der Waals surface area contributed by atoms with E-state index in [0.29, 0.717) is 11.4 Å². The molecule has 1 saturated carbocycles. The van der Waals surface area contributed by atoms with Crippen LogP contribution < -0.4 is 15.8 Å². The average molecular weight is 333 g/mol. The summed E-state index contributed by atoms with van der Waals surface area (Å²) in [6.07, 6.45) is 2.53. The molecule has 1 aliphatic carbocycles. The van der Waals surface area contributed by atoms with Gasteiger partial charge in [0.1, 0.15) is 5.75 Å². The van der Waals surface area contributed by atoms with Crippen molar-refractivity contribution in [3.05, 3.63) is 54.6 Å². The fourth-order valence-corrected chi connectivity index (χ4v) is 2.76. The van der Waals surface area contributed by atoms with E-state index in [9.17, 15) is 4.79 Å². The van der Waals surface area contributed by atoms with Gasteiger partial charge in [-0.15, -0.1) is 12.4 Å². The second-order valence-corrected chi connectivity index (χ2v) is 5.67. The molecule has 4 nitrogen and oxygen atoms in total. The lowest BCUT2D eigenvalue weighted by atomic mass is 10.1. The van der Waals surface area contributed by atoms with Gasteiger partial charge in [0.15, 0.2) is 5.75 Å². The van der Waals surface area contributed by atoms with E-state index in [1.165, 1.54) is 0 Å². The fraction of sp³-hybridized carbons (Fsp3) is 0.278. The zero-order valence-electron chi connectivity index (χ0n) is 12.8. The summed E-state index contributed by atoms with van der Waals surface area (Å²) < 4.78 is 5.85. The highest BCUT2D eigenvalue weighted by Crippen LogP contribution is 2.31. The van der Waals surface area contributed by atoms with Crippen LogP contribution in [0.2, 0.25) is 0 Å². The maximum absolute atomic E-state index is 12.3. The summed E-state index contributed by atoms with van der Waals surface area (Å²) in [5.74, 6) is 1.41. The third kappa shape index (κ3) is 4.47. The van der Waals surface area contributed by atoms with Crippen molar-refractivity contribution in [2.24, 2.45) is 11.7 Å². The molecule has 0 bridgehead atoms. The first-order valence-corrected chi connectivity index (χ1v) is 7.61. The molecule has 0 aliphatic heterocycles. The van der Waals surface area contributed by atoms with Crippen LogP contribution in [0.15, 0.2) is 54.6 Å². The molecule has 2 aromatic rings. The maximum atomic E-state index is 12.3. The number of halogens is 1. The number of carbonyl (C=O) groups excluding carboxylic acids is 1. The highest BCUT2D eigenvalue weighted by Gasteiger charge is 2.28. The highest BCUT2D eigenvalue weighted by molar-refractivity contribution is 5.94. The summed E-state index contributed by atoms with van der Waals surface area (Å²) >= 11 is 0. The van der Waals surface area contributed by atoms with Gasteiger partial charge < -0.3 is 15.8 Å². The van der Waals surface area contributed by atoms with Crippen LogP contribution in [0.1, 0.15) is 19.3 Å². The van der Waals surface area contributed by atoms with E-state index in [1.807, 2.05) is 54.6 Å². The number of para-hydroxylation sites is 3. The van der Waals surface area contributed by atoms with E-state index in [4.69, 9.17) is 10.5 Å². The van der Waals surface area contributed by atoms with Crippen molar-refractivity contribution in [3.63, 3.8) is 0 Å². The first-order chi connectivity index (χ1) is 10.7. The lowest BCUT2D eigenvalue weighted by molar-refractivity contribution is -0.119. The molecule has 122 valence electrons. The van der Waals surface area contributed by atoms with Crippen molar-refractivity contribution in [1.82, 2.24) is 0 Å². The minimum absolute atomic E-state index is 0. The lowest BCUT2D eigenvalue weighted by Gasteiger charge is -2.14. The van der Waals surface area contributed by atoms with Crippen molar-refractivity contribution < 1.29 is 9.53 Å². The quantitative estimate of drug-likeness (QED) is 0.890. The Labute approximate surface area is 142 Å². The van der Waals surface area contributed by atoms with Gasteiger partial charge in [-0.2, -0.15) is 0 Å². The van der Waals surface area contributed by atoms with E-state index in [-0.39, 0.29) is 30.3 Å². The van der Waals surface area contributed by atoms with Crippen LogP contribution >= 0.6 is 12.4 Å². The number of rotatable bonds is 4. The molecule has 0 saturated heterocycles. The molecule has 1 aliphatic rings. The van der Waals surface area contributed by atoms with Crippen molar-refractivity contribution in [1.29, 1.82) is 0 Å². The Hall–Kier alpha value is -2.04. The minimum Gasteiger partial charge on any atom is -0.455 e. The molecule has 0 aromatic heterocycles. The summed E-state index contributed by atoms with van der Waals surface area (Å²) in [7, 11) is 0. The van der Waals surface area contributed by atoms with Crippen LogP contribution in [0.4, 0.5) is 5.69 Å². The smallest absolute Gasteiger partial charge is 0.227 e. The standard InChI is InChI=1S/C18H20N2O2.ClH/c19-14-11-10-13(12-14)18(21)20-16-8-4-5-9-17(16)22-15-6-2-1-3-7-15;/h1-9,13-14H,10-12,19H2,(H,20,21);1H. The maximum Gasteiger partial charge on any atom is 0.227 e. The number of carbonyl (C=O) groups is 1. The Bertz CT molecular complexity index is 648. The predicted molar refractivity (Wildman–Crippen MR) is 94.2 cm³/mol. The van der Waals surface area contributed by atoms with Gasteiger partial charge in [0.2, 0.25) is 5.91 Å². The Kier molecular flexibility index (Phi) is 6.02. The molecule has 23 heavy (non-hydrogen) atoms. The van der Waals surface area contributed by atoms with Crippen molar-refractivity contribution >= 4 is 24.0 Å². The normalized spacial score (nSPS) is 19.7. The van der Waals surface area contributed by atoms with Crippen LogP contribution in [-0.4, -0.2) is 11.9 Å². The van der Waals surface area contributed by atoms with E-state index in [2.05, 4.69) is 5.32 Å². The molecule has 0 spiro atoms. The van der Waals surface area contributed by atoms with Gasteiger partial charge in [0.05, 0.1) is 5.69 Å². The van der Waals surface area contributed by atoms with Crippen LogP contribution in [0.3, 0.4) is 0 Å². The Morgan fingerprint density at radius 1 is 1.04 bits per heavy atom. The molecule has 2 aromatic carbocycles. The summed E-state index contributed by atoms with van der Waals surface area (Å²) in [5.41, 5.74) is 6.58. The molecule has 2 atom stereocenters. The van der Waals surface area contributed by atoms with E-state index in [0.717, 1.165) is 25.0 Å². The molecule has 3 N–H and O–H groups in total. The molecule has 2 unspecified atom stereocenters. The molecule has 5 heteroatoms. The third-order valence-corrected chi connectivity index (χ3v) is 3.96. The molecule has 0 radical (unpaired) electrons. The Morgan fingerprint density at radius 3 is 2.43 bits per heavy atom. The molecular formula is C18H21ClN2O2. The van der Waals surface area contributed by atoms with Gasteiger partial charge in [-0.05, 0) is 43.5 Å². The van der Waals surface area contributed by atoms with Gasteiger partial charge in [0.25, 0.3) is 0 Å². The van der Waals surface area contributed by atoms with Crippen molar-refractivity contribution in [3.8, 4) is 11.5 Å². The van der Waals surface area contributed by atoms with E-state index < -0.39 is 0 Å². The van der Waals surface area contributed by atoms with Crippen LogP contribution in [0, 0.1) is 5.92 Å². The molecular weight excluding hydrogens is 312 g/mol. The number of anilines is 1. The summed E-state index contributed by atoms with van der Waals surface area (Å²) in [6.45, 7) is 0. The lowest BCUT2D eigenvalue weighted by Crippen LogP contribution is -2.23. The Morgan fingerprint density at radius 2 is 1.74 bits per heavy atom. The molecule has 1 amide bonds. The SMILES string of the molecule is Cl.NC1CCC(C(=O)Nc2ccccc2Oc2ccccc2)C1. The van der Waals surface area contributed by atoms with Gasteiger partial charge in [0, 0.05) is 12.0 Å². The largest absolute Gasteiger partial charge is 0.455 e. The van der Waals surface area contributed by atoms with E-state index >= 15 is 0 Å². The minimum atomic E-state index is -0.000202. The number of ether oxygens (including phenoxy) is 1. The molecule has 3 rings (SSSR count). The van der Waals surface area contributed by atoms with E-state index in [1.54, 1.807) is 0 Å². The number of nitrogens with one attached hydrogen (secondary N) is 1. The average Bonchev–Trinajstić information content (AvgIpc) is 2.97. The number of hydrogen-bond acceptors (Lipinski definition) is 3. The number of benzene rings is 2. The first kappa shape index (κ1) is 17.3. The topological polar surface area (TPSA) is 64.4 Å². The van der Waals surface area contributed by atoms with Gasteiger partial charge >= 0.3 is 0 Å². The second kappa shape index (κ2) is 7.99. The van der Waals surface area contributed by atoms with Crippen LogP contribution in [-0.2, 0) is 4.79 Å². The van der Waals surface area contributed by atoms with Gasteiger partial charge in [-0.3, -0.25) is 4.79 Å². The summed E-state index contributed by atoms with van der Waals surface area (Å²) in [4.78, 5) is 12.3. The second-order valence-electron chi connectivity index (χ2n) is 5.67. The summed E-state index contributed by atoms with van der Waals surface area (Å²) in [6, 6.07) is 17.1. The zero-order chi connectivity index (χ0) is 15.4. The fourth-order valence-electron chi connectivity index (χ4n) is 2.76. The third-order valence-electron chi connectivity index (χ3n) is 3.96. The van der Waals surface area contributed by atoms with Crippen molar-refractivity contribution in [2.45, 2.75) is 25.3 Å². The molecule has 0 heterocycles. The first-order valence-electron chi connectivity index (χ1n) is 7.61. The van der Waals surface area contributed by atoms with Gasteiger partial charge in [-0.25, -0.2) is 0 Å². The highest BCUT2D eigenvalue weighted by atomic mass is 35.5. The molecule has 1 fully saturated rings. The van der Waals surface area contributed by atoms with Crippen LogP contribution in [0.25, 0.3) is 0 Å². The van der Waals surface area contributed by atoms with Crippen molar-refractivity contribution in [2.75, 3.05) is 5.32 Å². The summed E-state index contributed by atoms with van der Waals surface area (Å²) in [5, 5.41) is 2.97. The number of amides is 1. The van der Waals surface area contributed by atoms with Gasteiger partial charge in [-0.1, -0.05) is 30.3 Å².